The predicted octanol–water partition coefficient (Wildman–Crippen LogP) is 2.93. The van der Waals surface area contributed by atoms with Gasteiger partial charge in [-0.25, -0.2) is 0 Å². The molecule has 0 spiro atoms. The van der Waals surface area contributed by atoms with Gasteiger partial charge in [-0.15, -0.1) is 11.3 Å². The average Bonchev–Trinajstić information content (AvgIpc) is 2.57. The van der Waals surface area contributed by atoms with Crippen LogP contribution < -0.4 is 0 Å². The molecule has 1 aliphatic rings. The van der Waals surface area contributed by atoms with Crippen LogP contribution in [0.25, 0.3) is 0 Å². The summed E-state index contributed by atoms with van der Waals surface area (Å²) >= 11 is 7.60. The summed E-state index contributed by atoms with van der Waals surface area (Å²) in [6, 6.07) is 4.00. The van der Waals surface area contributed by atoms with Crippen molar-refractivity contribution in [3.8, 4) is 0 Å². The molecule has 1 aliphatic heterocycles. The summed E-state index contributed by atoms with van der Waals surface area (Å²) < 4.78 is 6.19. The molecular weight excluding hydrogens is 244 g/mol. The molecule has 16 heavy (non-hydrogen) atoms. The molecule has 2 nitrogen and oxygen atoms in total. The Morgan fingerprint density at radius 1 is 1.50 bits per heavy atom. The van der Waals surface area contributed by atoms with Crippen molar-refractivity contribution in [2.75, 3.05) is 19.8 Å². The van der Waals surface area contributed by atoms with E-state index in [-0.39, 0.29) is 17.9 Å². The number of aliphatic hydroxyl groups excluding tert-OH is 1. The molecule has 1 fully saturated rings. The highest BCUT2D eigenvalue weighted by Gasteiger charge is 2.48. The Balaban J connectivity index is 2.31. The van der Waals surface area contributed by atoms with Gasteiger partial charge in [-0.1, -0.05) is 25.4 Å². The predicted molar refractivity (Wildman–Crippen MR) is 67.2 cm³/mol. The van der Waals surface area contributed by atoms with Crippen molar-refractivity contribution in [3.05, 3.63) is 21.3 Å². The summed E-state index contributed by atoms with van der Waals surface area (Å²) in [6.07, 6.45) is 0. The lowest BCUT2D eigenvalue weighted by molar-refractivity contribution is -0.109. The van der Waals surface area contributed by atoms with Gasteiger partial charge >= 0.3 is 0 Å². The molecule has 2 rings (SSSR count). The van der Waals surface area contributed by atoms with Crippen LogP contribution in [0, 0.1) is 11.8 Å². The molecule has 1 aromatic heterocycles. The van der Waals surface area contributed by atoms with E-state index in [1.165, 1.54) is 4.88 Å². The molecular formula is C12H17ClO2S. The Morgan fingerprint density at radius 3 is 2.50 bits per heavy atom. The summed E-state index contributed by atoms with van der Waals surface area (Å²) in [5.74, 6) is 0.686. The Kier molecular flexibility index (Phi) is 3.59. The summed E-state index contributed by atoms with van der Waals surface area (Å²) in [5.41, 5.74) is -0.0132. The van der Waals surface area contributed by atoms with Crippen molar-refractivity contribution in [2.24, 2.45) is 11.8 Å². The van der Waals surface area contributed by atoms with Crippen LogP contribution >= 0.6 is 22.9 Å². The maximum absolute atomic E-state index is 9.58. The van der Waals surface area contributed by atoms with Crippen molar-refractivity contribution in [1.29, 1.82) is 0 Å². The largest absolute Gasteiger partial charge is 0.396 e. The minimum Gasteiger partial charge on any atom is -0.396 e. The number of hydrogen-bond donors (Lipinski definition) is 1. The van der Waals surface area contributed by atoms with Crippen LogP contribution in [-0.4, -0.2) is 24.9 Å². The maximum atomic E-state index is 9.58. The molecule has 1 unspecified atom stereocenters. The molecule has 1 saturated heterocycles. The van der Waals surface area contributed by atoms with Crippen molar-refractivity contribution >= 4 is 22.9 Å². The lowest BCUT2D eigenvalue weighted by Crippen LogP contribution is -2.54. The van der Waals surface area contributed by atoms with Crippen LogP contribution in [-0.2, 0) is 10.2 Å². The van der Waals surface area contributed by atoms with Gasteiger partial charge in [0, 0.05) is 11.5 Å². The van der Waals surface area contributed by atoms with E-state index in [1.807, 2.05) is 6.07 Å². The Labute approximate surface area is 105 Å². The standard InChI is InChI=1S/C12H17ClO2S/c1-8(2)9(5-14)12(6-15-7-12)10-3-4-11(13)16-10/h3-4,8-9,14H,5-7H2,1-2H3. The van der Waals surface area contributed by atoms with Crippen molar-refractivity contribution in [1.82, 2.24) is 0 Å². The lowest BCUT2D eigenvalue weighted by Gasteiger charge is -2.47. The van der Waals surface area contributed by atoms with E-state index in [0.29, 0.717) is 19.1 Å². The number of hydrogen-bond acceptors (Lipinski definition) is 3. The van der Waals surface area contributed by atoms with Crippen molar-refractivity contribution in [3.63, 3.8) is 0 Å². The molecule has 0 aromatic carbocycles. The molecule has 0 aliphatic carbocycles. The fourth-order valence-corrected chi connectivity index (χ4v) is 3.73. The van der Waals surface area contributed by atoms with E-state index in [1.54, 1.807) is 11.3 Å². The molecule has 1 aromatic rings. The highest BCUT2D eigenvalue weighted by atomic mass is 35.5. The second kappa shape index (κ2) is 4.65. The van der Waals surface area contributed by atoms with E-state index in [9.17, 15) is 5.11 Å². The molecule has 90 valence electrons. The number of thiophene rings is 1. The molecule has 2 heterocycles. The van der Waals surface area contributed by atoms with Gasteiger partial charge in [0.25, 0.3) is 0 Å². The first-order chi connectivity index (χ1) is 7.60. The van der Waals surface area contributed by atoms with Gasteiger partial charge in [0.05, 0.1) is 23.0 Å². The second-order valence-electron chi connectivity index (χ2n) is 4.79. The molecule has 0 amide bonds. The fraction of sp³-hybridized carbons (Fsp3) is 0.667. The molecule has 1 N–H and O–H groups in total. The first-order valence-corrected chi connectivity index (χ1v) is 6.74. The van der Waals surface area contributed by atoms with Gasteiger partial charge in [-0.05, 0) is 24.0 Å². The molecule has 1 atom stereocenters. The second-order valence-corrected chi connectivity index (χ2v) is 6.50. The summed E-state index contributed by atoms with van der Waals surface area (Å²) in [6.45, 7) is 5.91. The number of rotatable bonds is 4. The molecule has 0 saturated carbocycles. The quantitative estimate of drug-likeness (QED) is 0.902. The Morgan fingerprint density at radius 2 is 2.19 bits per heavy atom. The molecule has 0 bridgehead atoms. The third-order valence-corrected chi connectivity index (χ3v) is 4.95. The number of aliphatic hydroxyl groups is 1. The Hall–Kier alpha value is -0.0900. The van der Waals surface area contributed by atoms with Crippen LogP contribution in [0.2, 0.25) is 4.34 Å². The SMILES string of the molecule is CC(C)C(CO)C1(c2ccc(Cl)s2)COC1. The van der Waals surface area contributed by atoms with E-state index in [2.05, 4.69) is 19.9 Å². The van der Waals surface area contributed by atoms with Crippen LogP contribution in [0.3, 0.4) is 0 Å². The third kappa shape index (κ3) is 1.90. The fourth-order valence-electron chi connectivity index (χ4n) is 2.47. The zero-order chi connectivity index (χ0) is 11.8. The van der Waals surface area contributed by atoms with Crippen LogP contribution in [0.1, 0.15) is 18.7 Å². The van der Waals surface area contributed by atoms with Gasteiger partial charge in [-0.3, -0.25) is 0 Å². The summed E-state index contributed by atoms with van der Waals surface area (Å²) in [4.78, 5) is 1.25. The lowest BCUT2D eigenvalue weighted by atomic mass is 9.68. The van der Waals surface area contributed by atoms with Crippen molar-refractivity contribution in [2.45, 2.75) is 19.3 Å². The van der Waals surface area contributed by atoms with Crippen molar-refractivity contribution < 1.29 is 9.84 Å². The van der Waals surface area contributed by atoms with E-state index >= 15 is 0 Å². The summed E-state index contributed by atoms with van der Waals surface area (Å²) in [7, 11) is 0. The topological polar surface area (TPSA) is 29.5 Å². The zero-order valence-electron chi connectivity index (χ0n) is 9.57. The maximum Gasteiger partial charge on any atom is 0.0931 e. The minimum atomic E-state index is -0.0132. The molecule has 4 heteroatoms. The number of ether oxygens (including phenoxy) is 1. The van der Waals surface area contributed by atoms with Gasteiger partial charge in [0.1, 0.15) is 0 Å². The number of halogens is 1. The van der Waals surface area contributed by atoms with Crippen LogP contribution in [0.15, 0.2) is 12.1 Å². The van der Waals surface area contributed by atoms with E-state index in [4.69, 9.17) is 16.3 Å². The van der Waals surface area contributed by atoms with Crippen LogP contribution in [0.4, 0.5) is 0 Å². The Bertz CT molecular complexity index is 358. The highest BCUT2D eigenvalue weighted by Crippen LogP contribution is 2.46. The zero-order valence-corrected chi connectivity index (χ0v) is 11.1. The monoisotopic (exact) mass is 260 g/mol. The summed E-state index contributed by atoms with van der Waals surface area (Å²) in [5, 5.41) is 9.58. The van der Waals surface area contributed by atoms with E-state index < -0.39 is 0 Å². The van der Waals surface area contributed by atoms with Gasteiger partial charge in [-0.2, -0.15) is 0 Å². The first kappa shape index (κ1) is 12.4. The smallest absolute Gasteiger partial charge is 0.0931 e. The van der Waals surface area contributed by atoms with E-state index in [0.717, 1.165) is 4.34 Å². The third-order valence-electron chi connectivity index (χ3n) is 3.49. The van der Waals surface area contributed by atoms with Gasteiger partial charge in [0.15, 0.2) is 0 Å². The van der Waals surface area contributed by atoms with Gasteiger partial charge < -0.3 is 9.84 Å². The normalized spacial score (nSPS) is 20.8. The highest BCUT2D eigenvalue weighted by molar-refractivity contribution is 7.16. The van der Waals surface area contributed by atoms with Crippen LogP contribution in [0.5, 0.6) is 0 Å². The minimum absolute atomic E-state index is 0.0132. The van der Waals surface area contributed by atoms with Gasteiger partial charge in [0.2, 0.25) is 0 Å². The first-order valence-electron chi connectivity index (χ1n) is 5.54. The molecule has 0 radical (unpaired) electrons. The average molecular weight is 261 g/mol.